The van der Waals surface area contributed by atoms with E-state index in [0.29, 0.717) is 18.8 Å². The van der Waals surface area contributed by atoms with E-state index in [2.05, 4.69) is 22.9 Å². The fraction of sp³-hybridized carbons (Fsp3) is 0.429. The van der Waals surface area contributed by atoms with Crippen molar-refractivity contribution in [1.82, 2.24) is 14.8 Å². The molecule has 5 nitrogen and oxygen atoms in total. The Bertz CT molecular complexity index is 766. The minimum absolute atomic E-state index is 0.0379. The van der Waals surface area contributed by atoms with Gasteiger partial charge in [0.2, 0.25) is 5.91 Å². The molecule has 1 amide bonds. The van der Waals surface area contributed by atoms with Gasteiger partial charge in [-0.25, -0.2) is 4.39 Å². The minimum Gasteiger partial charge on any atom is -0.494 e. The lowest BCUT2D eigenvalue weighted by molar-refractivity contribution is -0.135. The van der Waals surface area contributed by atoms with E-state index in [-0.39, 0.29) is 24.2 Å². The molecular weight excluding hydrogens is 345 g/mol. The van der Waals surface area contributed by atoms with Gasteiger partial charge in [0.25, 0.3) is 0 Å². The molecule has 1 aliphatic rings. The molecule has 1 fully saturated rings. The van der Waals surface area contributed by atoms with Crippen LogP contribution in [-0.2, 0) is 17.8 Å². The van der Waals surface area contributed by atoms with Gasteiger partial charge in [-0.1, -0.05) is 18.2 Å². The van der Waals surface area contributed by atoms with Gasteiger partial charge >= 0.3 is 0 Å². The van der Waals surface area contributed by atoms with Crippen molar-refractivity contribution in [3.63, 3.8) is 0 Å². The van der Waals surface area contributed by atoms with Crippen molar-refractivity contribution in [2.24, 2.45) is 0 Å². The molecule has 144 valence electrons. The van der Waals surface area contributed by atoms with Crippen LogP contribution >= 0.6 is 0 Å². The molecule has 0 spiro atoms. The number of piperazine rings is 1. The quantitative estimate of drug-likeness (QED) is 0.783. The number of hydrogen-bond acceptors (Lipinski definition) is 4. The summed E-state index contributed by atoms with van der Waals surface area (Å²) in [6.07, 6.45) is 1.36. The number of carbonyl (C=O) groups is 1. The van der Waals surface area contributed by atoms with E-state index in [1.807, 2.05) is 30.0 Å². The second-order valence-electron chi connectivity index (χ2n) is 6.86. The van der Waals surface area contributed by atoms with Gasteiger partial charge in [-0.15, -0.1) is 0 Å². The summed E-state index contributed by atoms with van der Waals surface area (Å²) in [5.41, 5.74) is 1.77. The predicted octanol–water partition coefficient (Wildman–Crippen LogP) is 2.89. The van der Waals surface area contributed by atoms with Crippen molar-refractivity contribution in [3.05, 3.63) is 59.7 Å². The molecule has 0 aliphatic carbocycles. The van der Waals surface area contributed by atoms with E-state index >= 15 is 0 Å². The standard InChI is InChI=1S/C21H26FN3O2/c1-3-27-20-7-5-4-6-17(20)15-24-10-11-25(16(2)14-24)21(26)12-19-9-8-18(22)13-23-19/h4-9,13,16H,3,10-12,14-15H2,1-2H3. The second kappa shape index (κ2) is 8.95. The predicted molar refractivity (Wildman–Crippen MR) is 102 cm³/mol. The van der Waals surface area contributed by atoms with Gasteiger partial charge < -0.3 is 9.64 Å². The van der Waals surface area contributed by atoms with Crippen LogP contribution in [0.1, 0.15) is 25.1 Å². The summed E-state index contributed by atoms with van der Waals surface area (Å²) in [6, 6.07) is 11.1. The summed E-state index contributed by atoms with van der Waals surface area (Å²) in [7, 11) is 0. The van der Waals surface area contributed by atoms with Crippen molar-refractivity contribution in [3.8, 4) is 5.75 Å². The van der Waals surface area contributed by atoms with Gasteiger partial charge in [-0.05, 0) is 32.0 Å². The summed E-state index contributed by atoms with van der Waals surface area (Å²) in [5.74, 6) is 0.574. The molecule has 27 heavy (non-hydrogen) atoms. The zero-order valence-corrected chi connectivity index (χ0v) is 15.9. The molecule has 1 aromatic heterocycles. The summed E-state index contributed by atoms with van der Waals surface area (Å²) >= 11 is 0. The largest absolute Gasteiger partial charge is 0.494 e. The highest BCUT2D eigenvalue weighted by Crippen LogP contribution is 2.22. The maximum Gasteiger partial charge on any atom is 0.228 e. The van der Waals surface area contributed by atoms with E-state index in [9.17, 15) is 9.18 Å². The smallest absolute Gasteiger partial charge is 0.228 e. The van der Waals surface area contributed by atoms with Crippen LogP contribution in [0.2, 0.25) is 0 Å². The van der Waals surface area contributed by atoms with E-state index < -0.39 is 0 Å². The van der Waals surface area contributed by atoms with Crippen LogP contribution in [0, 0.1) is 5.82 Å². The van der Waals surface area contributed by atoms with Crippen molar-refractivity contribution in [2.45, 2.75) is 32.9 Å². The summed E-state index contributed by atoms with van der Waals surface area (Å²) in [5, 5.41) is 0. The highest BCUT2D eigenvalue weighted by molar-refractivity contribution is 5.78. The Kier molecular flexibility index (Phi) is 6.40. The number of benzene rings is 1. The number of nitrogens with zero attached hydrogens (tertiary/aromatic N) is 3. The number of ether oxygens (including phenoxy) is 1. The Morgan fingerprint density at radius 1 is 1.26 bits per heavy atom. The first-order valence-corrected chi connectivity index (χ1v) is 9.39. The van der Waals surface area contributed by atoms with Crippen molar-refractivity contribution >= 4 is 5.91 Å². The first-order valence-electron chi connectivity index (χ1n) is 9.39. The minimum atomic E-state index is -0.388. The molecule has 6 heteroatoms. The molecule has 2 heterocycles. The van der Waals surface area contributed by atoms with Gasteiger partial charge in [-0.3, -0.25) is 14.7 Å². The summed E-state index contributed by atoms with van der Waals surface area (Å²) < 4.78 is 18.7. The Balaban J connectivity index is 1.57. The Labute approximate surface area is 159 Å². The van der Waals surface area contributed by atoms with Gasteiger partial charge in [0.05, 0.1) is 19.2 Å². The number of carbonyl (C=O) groups excluding carboxylic acids is 1. The maximum atomic E-state index is 13.0. The summed E-state index contributed by atoms with van der Waals surface area (Å²) in [6.45, 7) is 7.80. The SMILES string of the molecule is CCOc1ccccc1CN1CCN(C(=O)Cc2ccc(F)cn2)C(C)C1. The first kappa shape index (κ1) is 19.3. The zero-order valence-electron chi connectivity index (χ0n) is 15.9. The fourth-order valence-electron chi connectivity index (χ4n) is 3.49. The lowest BCUT2D eigenvalue weighted by Crippen LogP contribution is -2.54. The van der Waals surface area contributed by atoms with Crippen LogP contribution in [0.5, 0.6) is 5.75 Å². The summed E-state index contributed by atoms with van der Waals surface area (Å²) in [4.78, 5) is 20.9. The highest BCUT2D eigenvalue weighted by Gasteiger charge is 2.27. The van der Waals surface area contributed by atoms with E-state index in [1.54, 1.807) is 6.07 Å². The maximum absolute atomic E-state index is 13.0. The van der Waals surface area contributed by atoms with Gasteiger partial charge in [0.1, 0.15) is 11.6 Å². The number of halogens is 1. The molecule has 1 aromatic carbocycles. The molecule has 0 N–H and O–H groups in total. The molecule has 3 rings (SSSR count). The average molecular weight is 371 g/mol. The zero-order chi connectivity index (χ0) is 19.2. The van der Waals surface area contributed by atoms with Crippen LogP contribution in [0.3, 0.4) is 0 Å². The van der Waals surface area contributed by atoms with Crippen molar-refractivity contribution in [2.75, 3.05) is 26.2 Å². The number of rotatable bonds is 6. The topological polar surface area (TPSA) is 45.7 Å². The molecule has 2 aromatic rings. The normalized spacial score (nSPS) is 17.7. The number of pyridine rings is 1. The van der Waals surface area contributed by atoms with E-state index in [0.717, 1.165) is 31.6 Å². The lowest BCUT2D eigenvalue weighted by atomic mass is 10.1. The van der Waals surface area contributed by atoms with Crippen molar-refractivity contribution < 1.29 is 13.9 Å². The third kappa shape index (κ3) is 5.04. The Hall–Kier alpha value is -2.47. The molecule has 0 radical (unpaired) electrons. The first-order chi connectivity index (χ1) is 13.1. The van der Waals surface area contributed by atoms with Crippen LogP contribution in [0.25, 0.3) is 0 Å². The third-order valence-electron chi connectivity index (χ3n) is 4.82. The molecule has 1 unspecified atom stereocenters. The van der Waals surface area contributed by atoms with Crippen LogP contribution in [0.4, 0.5) is 4.39 Å². The molecule has 1 aliphatic heterocycles. The molecule has 0 saturated carbocycles. The number of aromatic nitrogens is 1. The second-order valence-corrected chi connectivity index (χ2v) is 6.86. The fourth-order valence-corrected chi connectivity index (χ4v) is 3.49. The number of para-hydroxylation sites is 1. The van der Waals surface area contributed by atoms with Crippen LogP contribution in [-0.4, -0.2) is 53.0 Å². The number of hydrogen-bond donors (Lipinski definition) is 0. The van der Waals surface area contributed by atoms with Crippen LogP contribution in [0.15, 0.2) is 42.6 Å². The molecule has 0 bridgehead atoms. The average Bonchev–Trinajstić information content (AvgIpc) is 2.65. The Morgan fingerprint density at radius 3 is 2.78 bits per heavy atom. The highest BCUT2D eigenvalue weighted by atomic mass is 19.1. The van der Waals surface area contributed by atoms with Gasteiger partial charge in [-0.2, -0.15) is 0 Å². The van der Waals surface area contributed by atoms with Crippen molar-refractivity contribution in [1.29, 1.82) is 0 Å². The molecule has 1 atom stereocenters. The monoisotopic (exact) mass is 371 g/mol. The van der Waals surface area contributed by atoms with E-state index in [1.165, 1.54) is 11.6 Å². The molecular formula is C21H26FN3O2. The lowest BCUT2D eigenvalue weighted by Gasteiger charge is -2.40. The number of amides is 1. The van der Waals surface area contributed by atoms with Crippen LogP contribution < -0.4 is 4.74 Å². The van der Waals surface area contributed by atoms with Gasteiger partial charge in [0.15, 0.2) is 0 Å². The molecule has 1 saturated heterocycles. The third-order valence-corrected chi connectivity index (χ3v) is 4.82. The Morgan fingerprint density at radius 2 is 2.07 bits per heavy atom. The van der Waals surface area contributed by atoms with E-state index in [4.69, 9.17) is 4.74 Å². The van der Waals surface area contributed by atoms with Gasteiger partial charge in [0, 0.05) is 43.5 Å².